The second kappa shape index (κ2) is 9.67. The zero-order valence-electron chi connectivity index (χ0n) is 16.9. The summed E-state index contributed by atoms with van der Waals surface area (Å²) in [6.45, 7) is 2.99. The average molecular weight is 430 g/mol. The third-order valence-electron chi connectivity index (χ3n) is 4.97. The molecule has 1 aliphatic rings. The van der Waals surface area contributed by atoms with Crippen molar-refractivity contribution in [1.29, 1.82) is 0 Å². The number of hydrogen-bond donors (Lipinski definition) is 1. The van der Waals surface area contributed by atoms with Crippen molar-refractivity contribution in [3.63, 3.8) is 0 Å². The molecule has 3 rings (SSSR count). The van der Waals surface area contributed by atoms with Gasteiger partial charge in [0.1, 0.15) is 17.6 Å². The number of carbonyl (C=O) groups is 2. The lowest BCUT2D eigenvalue weighted by Crippen LogP contribution is -2.50. The van der Waals surface area contributed by atoms with Crippen molar-refractivity contribution in [1.82, 2.24) is 10.2 Å². The maximum Gasteiger partial charge on any atom is 0.257 e. The Hall–Kier alpha value is -3.00. The van der Waals surface area contributed by atoms with E-state index in [1.165, 1.54) is 24.3 Å². The van der Waals surface area contributed by atoms with Crippen LogP contribution < -0.4 is 15.0 Å². The topological polar surface area (TPSA) is 61.9 Å². The summed E-state index contributed by atoms with van der Waals surface area (Å²) in [5.41, 5.74) is 1.42. The molecule has 1 atom stereocenters. The Morgan fingerprint density at radius 3 is 2.47 bits per heavy atom. The van der Waals surface area contributed by atoms with Crippen LogP contribution in [0, 0.1) is 5.82 Å². The SMILES string of the molecule is CCNC(=S)N(CCc1ccc(OC)cc1)[C@@H]1CC(=O)N(c2ccc(F)cc2)C1=O. The number of anilines is 1. The summed E-state index contributed by atoms with van der Waals surface area (Å²) >= 11 is 5.49. The third kappa shape index (κ3) is 4.76. The maximum atomic E-state index is 13.2. The lowest BCUT2D eigenvalue weighted by atomic mass is 10.1. The number of nitrogens with one attached hydrogen (secondary N) is 1. The van der Waals surface area contributed by atoms with Gasteiger partial charge in [-0.15, -0.1) is 0 Å². The molecule has 0 saturated carbocycles. The van der Waals surface area contributed by atoms with Crippen LogP contribution in [-0.2, 0) is 16.0 Å². The number of benzene rings is 2. The number of hydrogen-bond acceptors (Lipinski definition) is 4. The van der Waals surface area contributed by atoms with Gasteiger partial charge in [0, 0.05) is 13.1 Å². The third-order valence-corrected chi connectivity index (χ3v) is 5.35. The van der Waals surface area contributed by atoms with E-state index in [-0.39, 0.29) is 18.2 Å². The van der Waals surface area contributed by atoms with E-state index < -0.39 is 11.9 Å². The fourth-order valence-electron chi connectivity index (χ4n) is 3.41. The number of imide groups is 1. The molecule has 1 fully saturated rings. The van der Waals surface area contributed by atoms with Gasteiger partial charge in [-0.3, -0.25) is 9.59 Å². The van der Waals surface area contributed by atoms with Crippen LogP contribution in [0.3, 0.4) is 0 Å². The minimum atomic E-state index is -0.702. The van der Waals surface area contributed by atoms with Crippen LogP contribution in [-0.4, -0.2) is 48.1 Å². The van der Waals surface area contributed by atoms with Gasteiger partial charge in [-0.25, -0.2) is 9.29 Å². The second-order valence-electron chi connectivity index (χ2n) is 6.89. The minimum Gasteiger partial charge on any atom is -0.497 e. The van der Waals surface area contributed by atoms with Gasteiger partial charge in [-0.2, -0.15) is 0 Å². The van der Waals surface area contributed by atoms with Gasteiger partial charge in [0.2, 0.25) is 5.91 Å². The predicted molar refractivity (Wildman–Crippen MR) is 117 cm³/mol. The number of carbonyl (C=O) groups excluding carboxylic acids is 2. The minimum absolute atomic E-state index is 0.0182. The molecule has 2 aromatic carbocycles. The molecule has 1 saturated heterocycles. The van der Waals surface area contributed by atoms with Crippen LogP contribution in [0.4, 0.5) is 10.1 Å². The Kier molecular flexibility index (Phi) is 6.99. The zero-order valence-corrected chi connectivity index (χ0v) is 17.7. The first-order valence-electron chi connectivity index (χ1n) is 9.74. The summed E-state index contributed by atoms with van der Waals surface area (Å²) in [7, 11) is 1.61. The Morgan fingerprint density at radius 1 is 1.20 bits per heavy atom. The molecular formula is C22H24FN3O3S. The summed E-state index contributed by atoms with van der Waals surface area (Å²) in [5, 5.41) is 3.51. The molecule has 8 heteroatoms. The number of methoxy groups -OCH3 is 1. The molecule has 1 N–H and O–H groups in total. The van der Waals surface area contributed by atoms with Crippen molar-refractivity contribution in [3.8, 4) is 5.75 Å². The van der Waals surface area contributed by atoms with Gasteiger partial charge >= 0.3 is 0 Å². The van der Waals surface area contributed by atoms with Crippen molar-refractivity contribution in [3.05, 3.63) is 59.9 Å². The van der Waals surface area contributed by atoms with E-state index in [4.69, 9.17) is 17.0 Å². The van der Waals surface area contributed by atoms with Crippen molar-refractivity contribution in [2.75, 3.05) is 25.1 Å². The summed E-state index contributed by atoms with van der Waals surface area (Å²) in [6, 6.07) is 12.3. The molecule has 2 amide bonds. The van der Waals surface area contributed by atoms with E-state index in [0.29, 0.717) is 30.3 Å². The van der Waals surface area contributed by atoms with Crippen LogP contribution in [0.25, 0.3) is 0 Å². The van der Waals surface area contributed by atoms with Crippen LogP contribution in [0.5, 0.6) is 5.75 Å². The predicted octanol–water partition coefficient (Wildman–Crippen LogP) is 2.91. The zero-order chi connectivity index (χ0) is 21.7. The van der Waals surface area contributed by atoms with Crippen molar-refractivity contribution in [2.45, 2.75) is 25.8 Å². The molecule has 0 spiro atoms. The van der Waals surface area contributed by atoms with Gasteiger partial charge in [0.25, 0.3) is 5.91 Å². The number of halogens is 1. The van der Waals surface area contributed by atoms with Crippen LogP contribution >= 0.6 is 12.2 Å². The van der Waals surface area contributed by atoms with Crippen LogP contribution in [0.2, 0.25) is 0 Å². The average Bonchev–Trinajstić information content (AvgIpc) is 3.03. The van der Waals surface area contributed by atoms with Gasteiger partial charge in [-0.05, 0) is 67.5 Å². The Morgan fingerprint density at radius 2 is 1.87 bits per heavy atom. The summed E-state index contributed by atoms with van der Waals surface area (Å²) < 4.78 is 18.4. The highest BCUT2D eigenvalue weighted by atomic mass is 32.1. The fraction of sp³-hybridized carbons (Fsp3) is 0.318. The first kappa shape index (κ1) is 21.7. The molecule has 0 bridgehead atoms. The second-order valence-corrected chi connectivity index (χ2v) is 7.28. The van der Waals surface area contributed by atoms with Crippen molar-refractivity contribution in [2.24, 2.45) is 0 Å². The van der Waals surface area contributed by atoms with Gasteiger partial charge in [0.15, 0.2) is 5.11 Å². The molecule has 1 heterocycles. The van der Waals surface area contributed by atoms with Gasteiger partial charge in [0.05, 0.1) is 19.2 Å². The van der Waals surface area contributed by atoms with E-state index in [1.807, 2.05) is 31.2 Å². The molecule has 0 aliphatic carbocycles. The van der Waals surface area contributed by atoms with Crippen molar-refractivity contribution >= 4 is 34.8 Å². The molecule has 6 nitrogen and oxygen atoms in total. The Labute approximate surface area is 180 Å². The fourth-order valence-corrected chi connectivity index (χ4v) is 3.78. The summed E-state index contributed by atoms with van der Waals surface area (Å²) in [5.74, 6) is -0.346. The number of nitrogens with zero attached hydrogens (tertiary/aromatic N) is 2. The molecular weight excluding hydrogens is 405 g/mol. The van der Waals surface area contributed by atoms with E-state index in [9.17, 15) is 14.0 Å². The lowest BCUT2D eigenvalue weighted by molar-refractivity contribution is -0.122. The Bertz CT molecular complexity index is 918. The first-order valence-corrected chi connectivity index (χ1v) is 10.1. The van der Waals surface area contributed by atoms with Gasteiger partial charge in [-0.1, -0.05) is 12.1 Å². The molecule has 0 aromatic heterocycles. The number of ether oxygens (including phenoxy) is 1. The monoisotopic (exact) mass is 429 g/mol. The first-order chi connectivity index (χ1) is 14.4. The van der Waals surface area contributed by atoms with E-state index in [2.05, 4.69) is 5.32 Å². The molecule has 30 heavy (non-hydrogen) atoms. The van der Waals surface area contributed by atoms with Gasteiger partial charge < -0.3 is 15.0 Å². The molecule has 0 unspecified atom stereocenters. The number of thiocarbonyl (C=S) groups is 1. The highest BCUT2D eigenvalue weighted by Crippen LogP contribution is 2.26. The molecule has 0 radical (unpaired) electrons. The molecule has 158 valence electrons. The van der Waals surface area contributed by atoms with E-state index in [0.717, 1.165) is 16.2 Å². The quantitative estimate of drug-likeness (QED) is 0.540. The molecule has 2 aromatic rings. The van der Waals surface area contributed by atoms with E-state index >= 15 is 0 Å². The maximum absolute atomic E-state index is 13.2. The number of amides is 2. The normalized spacial score (nSPS) is 16.0. The highest BCUT2D eigenvalue weighted by molar-refractivity contribution is 7.80. The standard InChI is InChI=1S/C22H24FN3O3S/c1-3-24-22(30)25(13-12-15-4-10-18(29-2)11-5-15)19-14-20(27)26(21(19)28)17-8-6-16(23)7-9-17/h4-11,19H,3,12-14H2,1-2H3,(H,24,30)/t19-/m1/s1. The van der Waals surface area contributed by atoms with Crippen LogP contribution in [0.1, 0.15) is 18.9 Å². The van der Waals surface area contributed by atoms with Crippen LogP contribution in [0.15, 0.2) is 48.5 Å². The highest BCUT2D eigenvalue weighted by Gasteiger charge is 2.43. The molecule has 1 aliphatic heterocycles. The summed E-state index contributed by atoms with van der Waals surface area (Å²) in [6.07, 6.45) is 0.661. The number of rotatable bonds is 7. The lowest BCUT2D eigenvalue weighted by Gasteiger charge is -2.30. The van der Waals surface area contributed by atoms with Crippen molar-refractivity contribution < 1.29 is 18.7 Å². The Balaban J connectivity index is 1.78. The smallest absolute Gasteiger partial charge is 0.257 e. The largest absolute Gasteiger partial charge is 0.497 e. The van der Waals surface area contributed by atoms with E-state index in [1.54, 1.807) is 12.0 Å². The summed E-state index contributed by atoms with van der Waals surface area (Å²) in [4.78, 5) is 28.6.